The first-order valence-electron chi connectivity index (χ1n) is 4.69. The monoisotopic (exact) mass is 264 g/mol. The molecule has 0 rings (SSSR count). The van der Waals surface area contributed by atoms with Gasteiger partial charge in [0.1, 0.15) is 6.54 Å². The molecular formula is C7H15F3N2O3S. The molecule has 0 aliphatic carbocycles. The van der Waals surface area contributed by atoms with Crippen LogP contribution in [0, 0.1) is 0 Å². The van der Waals surface area contributed by atoms with Gasteiger partial charge in [-0.25, -0.2) is 4.72 Å². The Balaban J connectivity index is 3.71. The van der Waals surface area contributed by atoms with E-state index in [1.54, 1.807) is 0 Å². The molecule has 0 aliphatic heterocycles. The summed E-state index contributed by atoms with van der Waals surface area (Å²) in [5.41, 5.74) is 0. The Kier molecular flexibility index (Phi) is 6.88. The molecule has 0 radical (unpaired) electrons. The smallest absolute Gasteiger partial charge is 0.396 e. The van der Waals surface area contributed by atoms with Crippen LogP contribution in [0.1, 0.15) is 19.3 Å². The molecule has 0 atom stereocenters. The number of unbranched alkanes of at least 4 members (excludes halogenated alkanes) is 2. The normalized spacial score (nSPS) is 13.0. The highest BCUT2D eigenvalue weighted by atomic mass is 32.2. The quantitative estimate of drug-likeness (QED) is 0.545. The summed E-state index contributed by atoms with van der Waals surface area (Å²) in [6, 6.07) is 0. The molecule has 3 N–H and O–H groups in total. The Bertz CT molecular complexity index is 279. The van der Waals surface area contributed by atoms with E-state index in [4.69, 9.17) is 5.11 Å². The van der Waals surface area contributed by atoms with Crippen molar-refractivity contribution in [3.05, 3.63) is 0 Å². The van der Waals surface area contributed by atoms with Crippen molar-refractivity contribution in [1.82, 2.24) is 9.44 Å². The van der Waals surface area contributed by atoms with Crippen LogP contribution in [0.15, 0.2) is 0 Å². The maximum absolute atomic E-state index is 11.7. The molecule has 98 valence electrons. The number of hydrogen-bond acceptors (Lipinski definition) is 3. The SMILES string of the molecule is O=S(=O)(NCCCCCO)NCC(F)(F)F. The van der Waals surface area contributed by atoms with E-state index >= 15 is 0 Å². The zero-order valence-electron chi connectivity index (χ0n) is 8.55. The van der Waals surface area contributed by atoms with E-state index in [1.807, 2.05) is 4.72 Å². The van der Waals surface area contributed by atoms with Gasteiger partial charge in [-0.15, -0.1) is 0 Å². The van der Waals surface area contributed by atoms with Crippen molar-refractivity contribution in [2.24, 2.45) is 0 Å². The van der Waals surface area contributed by atoms with Crippen molar-refractivity contribution in [3.63, 3.8) is 0 Å². The zero-order valence-corrected chi connectivity index (χ0v) is 9.36. The fourth-order valence-corrected chi connectivity index (χ4v) is 1.72. The molecule has 0 bridgehead atoms. The van der Waals surface area contributed by atoms with Crippen molar-refractivity contribution in [2.45, 2.75) is 25.4 Å². The van der Waals surface area contributed by atoms with Gasteiger partial charge in [0.05, 0.1) is 0 Å². The molecule has 9 heteroatoms. The van der Waals surface area contributed by atoms with Crippen molar-refractivity contribution in [3.8, 4) is 0 Å². The topological polar surface area (TPSA) is 78.4 Å². The minimum Gasteiger partial charge on any atom is -0.396 e. The van der Waals surface area contributed by atoms with Crippen molar-refractivity contribution < 1.29 is 26.7 Å². The van der Waals surface area contributed by atoms with Crippen molar-refractivity contribution in [1.29, 1.82) is 0 Å². The number of aliphatic hydroxyl groups excluding tert-OH is 1. The first kappa shape index (κ1) is 15.6. The number of halogens is 3. The molecule has 0 fully saturated rings. The Morgan fingerprint density at radius 1 is 1.06 bits per heavy atom. The minimum atomic E-state index is -4.56. The van der Waals surface area contributed by atoms with Gasteiger partial charge in [-0.05, 0) is 19.3 Å². The van der Waals surface area contributed by atoms with Gasteiger partial charge < -0.3 is 5.11 Å². The van der Waals surface area contributed by atoms with Crippen molar-refractivity contribution in [2.75, 3.05) is 19.7 Å². The van der Waals surface area contributed by atoms with Gasteiger partial charge in [0.15, 0.2) is 0 Å². The Labute approximate surface area is 92.2 Å². The van der Waals surface area contributed by atoms with Crippen LogP contribution in [0.2, 0.25) is 0 Å². The Morgan fingerprint density at radius 3 is 2.19 bits per heavy atom. The van der Waals surface area contributed by atoms with E-state index in [-0.39, 0.29) is 13.2 Å². The van der Waals surface area contributed by atoms with E-state index < -0.39 is 22.9 Å². The summed E-state index contributed by atoms with van der Waals surface area (Å²) in [5.74, 6) is 0. The second-order valence-electron chi connectivity index (χ2n) is 3.12. The third kappa shape index (κ3) is 10.1. The molecular weight excluding hydrogens is 249 g/mol. The fourth-order valence-electron chi connectivity index (χ4n) is 0.848. The molecule has 5 nitrogen and oxygen atoms in total. The van der Waals surface area contributed by atoms with Gasteiger partial charge in [0.25, 0.3) is 10.2 Å². The van der Waals surface area contributed by atoms with E-state index in [9.17, 15) is 21.6 Å². The van der Waals surface area contributed by atoms with E-state index in [2.05, 4.69) is 0 Å². The summed E-state index contributed by atoms with van der Waals surface area (Å²) in [4.78, 5) is 0. The number of alkyl halides is 3. The second kappa shape index (κ2) is 7.05. The van der Waals surface area contributed by atoms with Gasteiger partial charge in [0, 0.05) is 13.2 Å². The molecule has 0 aromatic carbocycles. The molecule has 0 saturated carbocycles. The lowest BCUT2D eigenvalue weighted by Gasteiger charge is -2.09. The van der Waals surface area contributed by atoms with Crippen LogP contribution >= 0.6 is 0 Å². The Hall–Kier alpha value is -0.380. The lowest BCUT2D eigenvalue weighted by molar-refractivity contribution is -0.121. The third-order valence-electron chi connectivity index (χ3n) is 1.59. The molecule has 0 spiro atoms. The summed E-state index contributed by atoms with van der Waals surface area (Å²) in [6.07, 6.45) is -2.95. The van der Waals surface area contributed by atoms with Gasteiger partial charge in [-0.1, -0.05) is 0 Å². The van der Waals surface area contributed by atoms with Crippen molar-refractivity contribution >= 4 is 10.2 Å². The van der Waals surface area contributed by atoms with Crippen LogP contribution in [0.3, 0.4) is 0 Å². The third-order valence-corrected chi connectivity index (χ3v) is 2.70. The lowest BCUT2D eigenvalue weighted by Crippen LogP contribution is -2.41. The van der Waals surface area contributed by atoms with E-state index in [0.717, 1.165) is 0 Å². The maximum Gasteiger partial charge on any atom is 0.402 e. The average molecular weight is 264 g/mol. The number of aliphatic hydroxyl groups is 1. The molecule has 0 saturated heterocycles. The summed E-state index contributed by atoms with van der Waals surface area (Å²) < 4.78 is 60.3. The molecule has 0 aliphatic rings. The second-order valence-corrected chi connectivity index (χ2v) is 4.70. The average Bonchev–Trinajstić information content (AvgIpc) is 2.14. The van der Waals surface area contributed by atoms with Crippen LogP contribution in [0.5, 0.6) is 0 Å². The van der Waals surface area contributed by atoms with Crippen LogP contribution < -0.4 is 9.44 Å². The predicted molar refractivity (Wildman–Crippen MR) is 51.9 cm³/mol. The molecule has 0 aromatic rings. The molecule has 0 aromatic heterocycles. The van der Waals surface area contributed by atoms with Crippen LogP contribution in [0.4, 0.5) is 13.2 Å². The Morgan fingerprint density at radius 2 is 1.69 bits per heavy atom. The summed E-state index contributed by atoms with van der Waals surface area (Å²) in [7, 11) is -4.08. The first-order valence-corrected chi connectivity index (χ1v) is 6.17. The van der Waals surface area contributed by atoms with Gasteiger partial charge in [-0.3, -0.25) is 0 Å². The minimum absolute atomic E-state index is 0.0130. The standard InChI is InChI=1S/C7H15F3N2O3S/c8-7(9,10)6-12-16(14,15)11-4-2-1-3-5-13/h11-13H,1-6H2. The number of rotatable bonds is 8. The highest BCUT2D eigenvalue weighted by Gasteiger charge is 2.29. The predicted octanol–water partition coefficient (Wildman–Crippen LogP) is 0.135. The van der Waals surface area contributed by atoms with E-state index in [0.29, 0.717) is 19.3 Å². The van der Waals surface area contributed by atoms with Gasteiger partial charge in [0.2, 0.25) is 0 Å². The molecule has 0 unspecified atom stereocenters. The highest BCUT2D eigenvalue weighted by molar-refractivity contribution is 7.87. The maximum atomic E-state index is 11.7. The molecule has 0 amide bonds. The van der Waals surface area contributed by atoms with Crippen LogP contribution in [0.25, 0.3) is 0 Å². The number of hydrogen-bond donors (Lipinski definition) is 3. The lowest BCUT2D eigenvalue weighted by atomic mass is 10.2. The molecule has 0 heterocycles. The van der Waals surface area contributed by atoms with Crippen LogP contribution in [-0.2, 0) is 10.2 Å². The number of nitrogens with one attached hydrogen (secondary N) is 2. The molecule has 16 heavy (non-hydrogen) atoms. The first-order chi connectivity index (χ1) is 7.27. The van der Waals surface area contributed by atoms with Crippen LogP contribution in [-0.4, -0.2) is 39.4 Å². The fraction of sp³-hybridized carbons (Fsp3) is 1.00. The van der Waals surface area contributed by atoms with E-state index in [1.165, 1.54) is 4.72 Å². The zero-order chi connectivity index (χ0) is 12.7. The van der Waals surface area contributed by atoms with Gasteiger partial charge in [-0.2, -0.15) is 26.3 Å². The summed E-state index contributed by atoms with van der Waals surface area (Å²) >= 11 is 0. The van der Waals surface area contributed by atoms with Gasteiger partial charge >= 0.3 is 6.18 Å². The highest BCUT2D eigenvalue weighted by Crippen LogP contribution is 2.12. The summed E-state index contributed by atoms with van der Waals surface area (Å²) in [6.45, 7) is -1.52. The summed E-state index contributed by atoms with van der Waals surface area (Å²) in [5, 5.41) is 8.42. The largest absolute Gasteiger partial charge is 0.402 e.